The summed E-state index contributed by atoms with van der Waals surface area (Å²) in [5, 5.41) is 1.12. The molecule has 146 valence electrons. The van der Waals surface area contributed by atoms with Crippen LogP contribution in [0.25, 0.3) is 10.9 Å². The highest BCUT2D eigenvalue weighted by Gasteiger charge is 2.52. The zero-order chi connectivity index (χ0) is 19.9. The van der Waals surface area contributed by atoms with Gasteiger partial charge in [-0.1, -0.05) is 31.2 Å². The van der Waals surface area contributed by atoms with Gasteiger partial charge in [0.05, 0.1) is 11.2 Å². The molecule has 28 heavy (non-hydrogen) atoms. The fraction of sp³-hybridized carbons (Fsp3) is 0.391. The summed E-state index contributed by atoms with van der Waals surface area (Å²) in [4.78, 5) is 3.32. The van der Waals surface area contributed by atoms with Gasteiger partial charge >= 0.3 is 7.12 Å². The number of aryl methyl sites for hydroxylation is 1. The van der Waals surface area contributed by atoms with Crippen LogP contribution in [-0.2, 0) is 22.3 Å². The molecule has 0 unspecified atom stereocenters. The van der Waals surface area contributed by atoms with E-state index in [1.54, 1.807) is 0 Å². The largest absolute Gasteiger partial charge is 0.495 e. The van der Waals surface area contributed by atoms with Crippen LogP contribution in [0, 0.1) is 0 Å². The van der Waals surface area contributed by atoms with Crippen LogP contribution in [0.5, 0.6) is 5.75 Å². The third-order valence-corrected chi connectivity index (χ3v) is 6.02. The number of rotatable bonds is 5. The predicted octanol–water partition coefficient (Wildman–Crippen LogP) is 4.61. The molecule has 1 aliphatic rings. The van der Waals surface area contributed by atoms with E-state index in [4.69, 9.17) is 14.0 Å². The number of fused-ring (bicyclic) bond motifs is 1. The lowest BCUT2D eigenvalue weighted by Crippen LogP contribution is -2.41. The SMILES string of the molecule is CCc1ccccc1OCc1cc(B2OC(C)(C)C(C)(C)O2)c2cc[nH]c2c1. The lowest BCUT2D eigenvalue weighted by molar-refractivity contribution is 0.00578. The monoisotopic (exact) mass is 377 g/mol. The number of H-pyrrole nitrogens is 1. The molecule has 4 nitrogen and oxygen atoms in total. The van der Waals surface area contributed by atoms with Gasteiger partial charge in [0.15, 0.2) is 0 Å². The molecule has 4 rings (SSSR count). The summed E-state index contributed by atoms with van der Waals surface area (Å²) in [7, 11) is -0.397. The van der Waals surface area contributed by atoms with Crippen molar-refractivity contribution in [2.45, 2.75) is 58.8 Å². The first-order valence-corrected chi connectivity index (χ1v) is 9.97. The molecule has 2 heterocycles. The summed E-state index contributed by atoms with van der Waals surface area (Å²) >= 11 is 0. The molecule has 1 aromatic heterocycles. The van der Waals surface area contributed by atoms with Gasteiger partial charge in [-0.05, 0) is 74.3 Å². The van der Waals surface area contributed by atoms with E-state index >= 15 is 0 Å². The predicted molar refractivity (Wildman–Crippen MR) is 114 cm³/mol. The number of hydrogen-bond acceptors (Lipinski definition) is 3. The van der Waals surface area contributed by atoms with Crippen molar-refractivity contribution in [2.24, 2.45) is 0 Å². The highest BCUT2D eigenvalue weighted by atomic mass is 16.7. The van der Waals surface area contributed by atoms with E-state index in [0.717, 1.165) is 34.1 Å². The standard InChI is InChI=1S/C23H28BNO3/c1-6-17-9-7-8-10-21(17)26-15-16-13-19(18-11-12-25-20(18)14-16)24-27-22(2,3)23(4,5)28-24/h7-14,25H,6,15H2,1-5H3. The number of aromatic amines is 1. The van der Waals surface area contributed by atoms with Gasteiger partial charge in [0.25, 0.3) is 0 Å². The molecule has 0 saturated carbocycles. The molecule has 2 aromatic carbocycles. The second kappa shape index (κ2) is 6.98. The van der Waals surface area contributed by atoms with Crippen LogP contribution in [0.15, 0.2) is 48.7 Å². The first kappa shape index (κ1) is 19.1. The summed E-state index contributed by atoms with van der Waals surface area (Å²) in [6.07, 6.45) is 2.90. The Hall–Kier alpha value is -2.24. The Morgan fingerprint density at radius 1 is 1.00 bits per heavy atom. The molecule has 0 radical (unpaired) electrons. The molecule has 5 heteroatoms. The maximum atomic E-state index is 6.30. The van der Waals surface area contributed by atoms with Gasteiger partial charge in [-0.2, -0.15) is 0 Å². The van der Waals surface area contributed by atoms with Gasteiger partial charge in [0.2, 0.25) is 0 Å². The first-order chi connectivity index (χ1) is 13.3. The normalized spacial score (nSPS) is 18.0. The molecule has 0 atom stereocenters. The van der Waals surface area contributed by atoms with Gasteiger partial charge in [0, 0.05) is 11.7 Å². The van der Waals surface area contributed by atoms with E-state index in [-0.39, 0.29) is 11.2 Å². The molecule has 1 N–H and O–H groups in total. The van der Waals surface area contributed by atoms with Crippen LogP contribution in [0.1, 0.15) is 45.7 Å². The fourth-order valence-corrected chi connectivity index (χ4v) is 3.60. The molecular weight excluding hydrogens is 349 g/mol. The number of hydrogen-bond donors (Lipinski definition) is 1. The van der Waals surface area contributed by atoms with E-state index in [9.17, 15) is 0 Å². The zero-order valence-corrected chi connectivity index (χ0v) is 17.3. The van der Waals surface area contributed by atoms with Crippen molar-refractivity contribution < 1.29 is 14.0 Å². The summed E-state index contributed by atoms with van der Waals surface area (Å²) in [5.74, 6) is 0.939. The molecule has 1 saturated heterocycles. The van der Waals surface area contributed by atoms with Crippen LogP contribution in [0.4, 0.5) is 0 Å². The Kier molecular flexibility index (Phi) is 4.76. The van der Waals surface area contributed by atoms with E-state index in [0.29, 0.717) is 6.61 Å². The molecular formula is C23H28BNO3. The first-order valence-electron chi connectivity index (χ1n) is 9.97. The van der Waals surface area contributed by atoms with Crippen molar-refractivity contribution in [3.05, 3.63) is 59.8 Å². The molecule has 0 amide bonds. The van der Waals surface area contributed by atoms with Crippen molar-refractivity contribution >= 4 is 23.5 Å². The topological polar surface area (TPSA) is 43.5 Å². The van der Waals surface area contributed by atoms with E-state index in [1.165, 1.54) is 5.56 Å². The summed E-state index contributed by atoms with van der Waals surface area (Å²) in [5.41, 5.74) is 3.68. The molecule has 0 bridgehead atoms. The van der Waals surface area contributed by atoms with Gasteiger partial charge < -0.3 is 19.0 Å². The zero-order valence-electron chi connectivity index (χ0n) is 17.3. The Morgan fingerprint density at radius 3 is 2.43 bits per heavy atom. The maximum Gasteiger partial charge on any atom is 0.495 e. The van der Waals surface area contributed by atoms with Crippen LogP contribution >= 0.6 is 0 Å². The van der Waals surface area contributed by atoms with Gasteiger partial charge in [-0.25, -0.2) is 0 Å². The van der Waals surface area contributed by atoms with E-state index in [2.05, 4.69) is 63.9 Å². The summed E-state index contributed by atoms with van der Waals surface area (Å²) in [6.45, 7) is 11.0. The highest BCUT2D eigenvalue weighted by molar-refractivity contribution is 6.65. The Bertz CT molecular complexity index is 976. The lowest BCUT2D eigenvalue weighted by Gasteiger charge is -2.32. The third kappa shape index (κ3) is 3.34. The third-order valence-electron chi connectivity index (χ3n) is 6.02. The number of para-hydroxylation sites is 1. The Morgan fingerprint density at radius 2 is 1.71 bits per heavy atom. The van der Waals surface area contributed by atoms with Crippen molar-refractivity contribution in [1.82, 2.24) is 4.98 Å². The van der Waals surface area contributed by atoms with Crippen LogP contribution in [0.2, 0.25) is 0 Å². The molecule has 0 aliphatic carbocycles. The lowest BCUT2D eigenvalue weighted by atomic mass is 9.76. The summed E-state index contributed by atoms with van der Waals surface area (Å²) in [6, 6.07) is 14.6. The maximum absolute atomic E-state index is 6.30. The number of nitrogens with one attached hydrogen (secondary N) is 1. The van der Waals surface area contributed by atoms with Crippen molar-refractivity contribution in [3.63, 3.8) is 0 Å². The van der Waals surface area contributed by atoms with Crippen LogP contribution in [0.3, 0.4) is 0 Å². The molecule has 0 spiro atoms. The van der Waals surface area contributed by atoms with Crippen molar-refractivity contribution in [2.75, 3.05) is 0 Å². The number of benzene rings is 2. The molecule has 3 aromatic rings. The number of ether oxygens (including phenoxy) is 1. The van der Waals surface area contributed by atoms with Gasteiger partial charge in [-0.15, -0.1) is 0 Å². The smallest absolute Gasteiger partial charge is 0.489 e. The van der Waals surface area contributed by atoms with Crippen LogP contribution in [-0.4, -0.2) is 23.3 Å². The average Bonchev–Trinajstić information content (AvgIpc) is 3.21. The fourth-order valence-electron chi connectivity index (χ4n) is 3.60. The van der Waals surface area contributed by atoms with Crippen LogP contribution < -0.4 is 10.2 Å². The Balaban J connectivity index is 1.65. The van der Waals surface area contributed by atoms with E-state index < -0.39 is 7.12 Å². The minimum absolute atomic E-state index is 0.368. The summed E-state index contributed by atoms with van der Waals surface area (Å²) < 4.78 is 18.8. The average molecular weight is 377 g/mol. The number of aromatic nitrogens is 1. The second-order valence-electron chi connectivity index (χ2n) is 8.46. The minimum atomic E-state index is -0.397. The minimum Gasteiger partial charge on any atom is -0.489 e. The molecule has 1 fully saturated rings. The second-order valence-corrected chi connectivity index (χ2v) is 8.46. The highest BCUT2D eigenvalue weighted by Crippen LogP contribution is 2.37. The van der Waals surface area contributed by atoms with Gasteiger partial charge in [-0.3, -0.25) is 0 Å². The van der Waals surface area contributed by atoms with Gasteiger partial charge in [0.1, 0.15) is 12.4 Å². The Labute approximate surface area is 167 Å². The van der Waals surface area contributed by atoms with E-state index in [1.807, 2.05) is 24.4 Å². The van der Waals surface area contributed by atoms with Crippen molar-refractivity contribution in [3.8, 4) is 5.75 Å². The quantitative estimate of drug-likeness (QED) is 0.661. The van der Waals surface area contributed by atoms with Crippen molar-refractivity contribution in [1.29, 1.82) is 0 Å². The molecule has 1 aliphatic heterocycles.